The lowest BCUT2D eigenvalue weighted by Gasteiger charge is -2.27. The van der Waals surface area contributed by atoms with Gasteiger partial charge in [0.2, 0.25) is 0 Å². The van der Waals surface area contributed by atoms with Crippen molar-refractivity contribution in [2.24, 2.45) is 0 Å². The van der Waals surface area contributed by atoms with Crippen LogP contribution in [0.1, 0.15) is 17.3 Å². The van der Waals surface area contributed by atoms with E-state index in [0.29, 0.717) is 17.1 Å². The number of likely N-dealkylation sites (N-methyl/N-ethyl adjacent to an activating group) is 1. The zero-order valence-electron chi connectivity index (χ0n) is 13.2. The van der Waals surface area contributed by atoms with E-state index in [4.69, 9.17) is 32.8 Å². The molecule has 0 aliphatic carbocycles. The molecule has 0 atom stereocenters. The lowest BCUT2D eigenvalue weighted by molar-refractivity contribution is -0.958. The Bertz CT molecular complexity index is 617. The molecule has 8 heteroatoms. The van der Waals surface area contributed by atoms with Gasteiger partial charge in [0, 0.05) is 16.2 Å². The number of halogens is 2. The van der Waals surface area contributed by atoms with Crippen LogP contribution in [-0.4, -0.2) is 43.8 Å². The molecule has 1 aromatic carbocycles. The molecule has 0 aliphatic rings. The van der Waals surface area contributed by atoms with Crippen LogP contribution in [-0.2, 0) is 14.4 Å². The highest BCUT2D eigenvalue weighted by molar-refractivity contribution is 6.36. The minimum absolute atomic E-state index is 0.0837. The van der Waals surface area contributed by atoms with E-state index < -0.39 is 11.9 Å². The summed E-state index contributed by atoms with van der Waals surface area (Å²) < 4.78 is 5.08. The van der Waals surface area contributed by atoms with Crippen LogP contribution in [0.5, 0.6) is 0 Å². The van der Waals surface area contributed by atoms with Crippen LogP contribution >= 0.6 is 23.2 Å². The van der Waals surface area contributed by atoms with Gasteiger partial charge in [-0.2, -0.15) is 0 Å². The first-order valence-corrected chi connectivity index (χ1v) is 7.47. The number of rotatable bonds is 7. The maximum atomic E-state index is 12.0. The zero-order chi connectivity index (χ0) is 17.6. The third-order valence-electron chi connectivity index (χ3n) is 2.77. The molecule has 23 heavy (non-hydrogen) atoms. The second kappa shape index (κ2) is 8.31. The monoisotopic (exact) mass is 361 g/mol. The molecule has 0 radical (unpaired) electrons. The Labute approximate surface area is 145 Å². The summed E-state index contributed by atoms with van der Waals surface area (Å²) in [5.41, 5.74) is 3.10. The fourth-order valence-corrected chi connectivity index (χ4v) is 1.90. The summed E-state index contributed by atoms with van der Waals surface area (Å²) in [6, 6.07) is 4.47. The summed E-state index contributed by atoms with van der Waals surface area (Å²) in [6.45, 7) is 5.58. The number of benzene rings is 1. The number of hydrogen-bond acceptors (Lipinski definition) is 5. The van der Waals surface area contributed by atoms with Crippen molar-refractivity contribution >= 4 is 35.1 Å². The summed E-state index contributed by atoms with van der Waals surface area (Å²) in [7, 11) is 3.48. The SMILES string of the molecule is C=C(C)C(=O)OCC[N+](C)(C)NOC(=O)c1ccc(Cl)cc1Cl. The Kier molecular flexibility index (Phi) is 7.02. The first-order valence-electron chi connectivity index (χ1n) is 6.71. The van der Waals surface area contributed by atoms with Crippen molar-refractivity contribution in [3.63, 3.8) is 0 Å². The van der Waals surface area contributed by atoms with E-state index in [1.807, 2.05) is 0 Å². The normalized spacial score (nSPS) is 11.0. The van der Waals surface area contributed by atoms with Gasteiger partial charge in [0.1, 0.15) is 13.2 Å². The topological polar surface area (TPSA) is 64.6 Å². The van der Waals surface area contributed by atoms with Gasteiger partial charge in [-0.15, -0.1) is 0 Å². The van der Waals surface area contributed by atoms with Crippen LogP contribution in [0.4, 0.5) is 0 Å². The highest BCUT2D eigenvalue weighted by atomic mass is 35.5. The van der Waals surface area contributed by atoms with E-state index in [1.165, 1.54) is 12.1 Å². The third kappa shape index (κ3) is 6.58. The van der Waals surface area contributed by atoms with Gasteiger partial charge in [-0.3, -0.25) is 0 Å². The van der Waals surface area contributed by atoms with Gasteiger partial charge in [0.25, 0.3) is 0 Å². The number of ether oxygens (including phenoxy) is 1. The van der Waals surface area contributed by atoms with Crippen LogP contribution in [0.15, 0.2) is 30.4 Å². The molecule has 0 amide bonds. The lowest BCUT2D eigenvalue weighted by atomic mass is 10.2. The molecule has 0 saturated carbocycles. The van der Waals surface area contributed by atoms with E-state index in [9.17, 15) is 9.59 Å². The lowest BCUT2D eigenvalue weighted by Crippen LogP contribution is -2.54. The molecule has 6 nitrogen and oxygen atoms in total. The zero-order valence-corrected chi connectivity index (χ0v) is 14.7. The highest BCUT2D eigenvalue weighted by Crippen LogP contribution is 2.21. The van der Waals surface area contributed by atoms with E-state index in [2.05, 4.69) is 12.2 Å². The van der Waals surface area contributed by atoms with Crippen LogP contribution in [0.25, 0.3) is 0 Å². The molecule has 0 spiro atoms. The smallest absolute Gasteiger partial charge is 0.363 e. The molecular formula is C15H19Cl2N2O4+. The molecule has 126 valence electrons. The van der Waals surface area contributed by atoms with Crippen molar-refractivity contribution in [1.29, 1.82) is 0 Å². The molecule has 0 saturated heterocycles. The van der Waals surface area contributed by atoms with E-state index in [1.54, 1.807) is 27.1 Å². The maximum absolute atomic E-state index is 12.0. The van der Waals surface area contributed by atoms with Crippen molar-refractivity contribution < 1.29 is 23.8 Å². The Balaban J connectivity index is 2.50. The van der Waals surface area contributed by atoms with Gasteiger partial charge in [-0.05, 0) is 25.1 Å². The van der Waals surface area contributed by atoms with Gasteiger partial charge in [-0.25, -0.2) is 14.2 Å². The van der Waals surface area contributed by atoms with Crippen molar-refractivity contribution in [2.45, 2.75) is 6.92 Å². The number of carbonyl (C=O) groups excluding carboxylic acids is 2. The highest BCUT2D eigenvalue weighted by Gasteiger charge is 2.21. The molecule has 0 aliphatic heterocycles. The van der Waals surface area contributed by atoms with Crippen LogP contribution in [0.3, 0.4) is 0 Å². The summed E-state index contributed by atoms with van der Waals surface area (Å²) in [5.74, 6) is -1.10. The predicted octanol–water partition coefficient (Wildman–Crippen LogP) is 2.77. The number of quaternary nitrogens is 1. The van der Waals surface area contributed by atoms with Crippen LogP contribution < -0.4 is 5.59 Å². The third-order valence-corrected chi connectivity index (χ3v) is 3.32. The second-order valence-electron chi connectivity index (χ2n) is 5.43. The Hall–Kier alpha value is -1.60. The number of esters is 1. The van der Waals surface area contributed by atoms with Gasteiger partial charge in [-0.1, -0.05) is 29.8 Å². The van der Waals surface area contributed by atoms with Gasteiger partial charge in [0.15, 0.2) is 0 Å². The van der Waals surface area contributed by atoms with E-state index in [-0.39, 0.29) is 21.8 Å². The molecule has 1 aromatic rings. The van der Waals surface area contributed by atoms with Gasteiger partial charge >= 0.3 is 11.9 Å². The average Bonchev–Trinajstić information content (AvgIpc) is 2.44. The van der Waals surface area contributed by atoms with Crippen molar-refractivity contribution in [1.82, 2.24) is 5.59 Å². The van der Waals surface area contributed by atoms with Gasteiger partial charge in [0.05, 0.1) is 24.7 Å². The van der Waals surface area contributed by atoms with Gasteiger partial charge < -0.3 is 9.57 Å². The van der Waals surface area contributed by atoms with Crippen molar-refractivity contribution in [2.75, 3.05) is 27.2 Å². The Morgan fingerprint density at radius 2 is 1.96 bits per heavy atom. The Morgan fingerprint density at radius 3 is 2.52 bits per heavy atom. The van der Waals surface area contributed by atoms with Crippen LogP contribution in [0, 0.1) is 0 Å². The summed E-state index contributed by atoms with van der Waals surface area (Å²) in [4.78, 5) is 28.3. The average molecular weight is 362 g/mol. The summed E-state index contributed by atoms with van der Waals surface area (Å²) >= 11 is 11.7. The molecule has 0 bridgehead atoms. The number of nitrogens with zero attached hydrogens (tertiary/aromatic N) is 1. The number of carbonyl (C=O) groups is 2. The summed E-state index contributed by atoms with van der Waals surface area (Å²) in [5, 5.41) is 0.625. The summed E-state index contributed by atoms with van der Waals surface area (Å²) in [6.07, 6.45) is 0. The van der Waals surface area contributed by atoms with Crippen molar-refractivity contribution in [3.05, 3.63) is 46.0 Å². The minimum Gasteiger partial charge on any atom is -0.456 e. The molecule has 1 rings (SSSR count). The van der Waals surface area contributed by atoms with E-state index >= 15 is 0 Å². The second-order valence-corrected chi connectivity index (χ2v) is 6.27. The number of hydrogen-bond donors (Lipinski definition) is 1. The molecule has 0 aromatic heterocycles. The van der Waals surface area contributed by atoms with E-state index in [0.717, 1.165) is 0 Å². The fourth-order valence-electron chi connectivity index (χ4n) is 1.41. The largest absolute Gasteiger partial charge is 0.456 e. The first-order chi connectivity index (χ1) is 10.6. The molecule has 0 heterocycles. The molecule has 1 N–H and O–H groups in total. The number of nitrogens with one attached hydrogen (secondary N) is 1. The minimum atomic E-state index is -0.642. The quantitative estimate of drug-likeness (QED) is 0.350. The fraction of sp³-hybridized carbons (Fsp3) is 0.333. The predicted molar refractivity (Wildman–Crippen MR) is 87.8 cm³/mol. The standard InChI is InChI=1S/C15H19Cl2N2O4/c1-10(2)14(20)22-8-7-19(3,4)18-23-15(21)12-6-5-11(16)9-13(12)17/h5-6,9,18H,1,7-8H2,2-4H3/q+1. The Morgan fingerprint density at radius 1 is 1.30 bits per heavy atom. The molecule has 0 unspecified atom stereocenters. The molecular weight excluding hydrogens is 343 g/mol. The maximum Gasteiger partial charge on any atom is 0.363 e. The first kappa shape index (κ1) is 19.4. The van der Waals surface area contributed by atoms with Crippen molar-refractivity contribution in [3.8, 4) is 0 Å². The van der Waals surface area contributed by atoms with Crippen LogP contribution in [0.2, 0.25) is 10.0 Å². The molecule has 0 fully saturated rings.